The van der Waals surface area contributed by atoms with Gasteiger partial charge in [-0.1, -0.05) is 37.3 Å². The smallest absolute Gasteiger partial charge is 0.295 e. The van der Waals surface area contributed by atoms with E-state index in [9.17, 15) is 14.7 Å². The zero-order chi connectivity index (χ0) is 21.7. The standard InChI is InChI=1S/C24H28N2O4/c1-4-16-30-19-12-10-18(11-13-19)22(27)20-21(17-8-6-5-7-9-17)26(15-14-25(2)3)24(29)23(20)28/h5-13,21,27H,4,14-16H2,1-3H3/t21-/m1/s1. The molecule has 0 radical (unpaired) electrons. The third-order valence-electron chi connectivity index (χ3n) is 5.04. The van der Waals surface area contributed by atoms with Crippen LogP contribution in [0.3, 0.4) is 0 Å². The van der Waals surface area contributed by atoms with Gasteiger partial charge < -0.3 is 19.6 Å². The Morgan fingerprint density at radius 1 is 1.07 bits per heavy atom. The van der Waals surface area contributed by atoms with E-state index in [-0.39, 0.29) is 11.3 Å². The normalized spacial score (nSPS) is 18.3. The topological polar surface area (TPSA) is 70.1 Å². The first-order valence-corrected chi connectivity index (χ1v) is 10.1. The second-order valence-corrected chi connectivity index (χ2v) is 7.58. The molecule has 2 aromatic rings. The number of likely N-dealkylation sites (N-methyl/N-ethyl adjacent to an activating group) is 1. The van der Waals surface area contributed by atoms with Crippen LogP contribution in [0.5, 0.6) is 5.75 Å². The molecule has 0 aliphatic carbocycles. The summed E-state index contributed by atoms with van der Waals surface area (Å²) < 4.78 is 5.58. The van der Waals surface area contributed by atoms with Gasteiger partial charge in [0.2, 0.25) is 0 Å². The number of aliphatic hydroxyl groups excluding tert-OH is 1. The van der Waals surface area contributed by atoms with Crippen LogP contribution in [0.4, 0.5) is 0 Å². The Morgan fingerprint density at radius 3 is 2.33 bits per heavy atom. The summed E-state index contributed by atoms with van der Waals surface area (Å²) >= 11 is 0. The molecule has 1 fully saturated rings. The van der Waals surface area contributed by atoms with Crippen molar-refractivity contribution in [1.29, 1.82) is 0 Å². The van der Waals surface area contributed by atoms with Gasteiger partial charge in [0, 0.05) is 18.7 Å². The quantitative estimate of drug-likeness (QED) is 0.412. The van der Waals surface area contributed by atoms with Crippen molar-refractivity contribution in [3.8, 4) is 5.75 Å². The molecule has 0 unspecified atom stereocenters. The molecular formula is C24H28N2O4. The van der Waals surface area contributed by atoms with E-state index in [1.165, 1.54) is 0 Å². The summed E-state index contributed by atoms with van der Waals surface area (Å²) in [7, 11) is 3.83. The minimum absolute atomic E-state index is 0.118. The molecular weight excluding hydrogens is 380 g/mol. The molecule has 1 N–H and O–H groups in total. The van der Waals surface area contributed by atoms with Crippen molar-refractivity contribution in [1.82, 2.24) is 9.80 Å². The number of carbonyl (C=O) groups is 2. The number of rotatable bonds is 8. The van der Waals surface area contributed by atoms with Gasteiger partial charge in [0.05, 0.1) is 18.2 Å². The van der Waals surface area contributed by atoms with Crippen LogP contribution < -0.4 is 4.74 Å². The largest absolute Gasteiger partial charge is 0.507 e. The molecule has 0 saturated carbocycles. The number of benzene rings is 2. The predicted octanol–water partition coefficient (Wildman–Crippen LogP) is 3.46. The SMILES string of the molecule is CCCOc1ccc(C(O)=C2C(=O)C(=O)N(CCN(C)C)[C@@H]2c2ccccc2)cc1. The highest BCUT2D eigenvalue weighted by atomic mass is 16.5. The molecule has 0 aromatic heterocycles. The summed E-state index contributed by atoms with van der Waals surface area (Å²) in [5.74, 6) is -0.724. The summed E-state index contributed by atoms with van der Waals surface area (Å²) in [5, 5.41) is 11.0. The average molecular weight is 408 g/mol. The van der Waals surface area contributed by atoms with Gasteiger partial charge in [-0.3, -0.25) is 9.59 Å². The number of ether oxygens (including phenoxy) is 1. The van der Waals surface area contributed by atoms with Gasteiger partial charge in [-0.2, -0.15) is 0 Å². The lowest BCUT2D eigenvalue weighted by atomic mass is 9.95. The maximum Gasteiger partial charge on any atom is 0.295 e. The number of hydrogen-bond acceptors (Lipinski definition) is 5. The summed E-state index contributed by atoms with van der Waals surface area (Å²) in [4.78, 5) is 29.2. The summed E-state index contributed by atoms with van der Waals surface area (Å²) in [6, 6.07) is 15.6. The number of aliphatic hydroxyl groups is 1. The van der Waals surface area contributed by atoms with Crippen LogP contribution in [-0.2, 0) is 9.59 Å². The van der Waals surface area contributed by atoms with E-state index in [0.717, 1.165) is 12.0 Å². The van der Waals surface area contributed by atoms with Crippen molar-refractivity contribution in [2.45, 2.75) is 19.4 Å². The number of Topliss-reactive ketones (excluding diaryl/α,β-unsaturated/α-hetero) is 1. The zero-order valence-corrected chi connectivity index (χ0v) is 17.7. The van der Waals surface area contributed by atoms with Crippen molar-refractivity contribution in [3.05, 3.63) is 71.3 Å². The number of hydrogen-bond donors (Lipinski definition) is 1. The van der Waals surface area contributed by atoms with Crippen molar-refractivity contribution in [3.63, 3.8) is 0 Å². The van der Waals surface area contributed by atoms with Gasteiger partial charge in [-0.15, -0.1) is 0 Å². The van der Waals surface area contributed by atoms with Crippen LogP contribution in [0, 0.1) is 0 Å². The monoisotopic (exact) mass is 408 g/mol. The van der Waals surface area contributed by atoms with E-state index in [2.05, 4.69) is 0 Å². The van der Waals surface area contributed by atoms with Gasteiger partial charge in [-0.05, 0) is 50.3 Å². The predicted molar refractivity (Wildman–Crippen MR) is 116 cm³/mol. The second kappa shape index (κ2) is 9.59. The molecule has 1 aliphatic heterocycles. The molecule has 2 aromatic carbocycles. The van der Waals surface area contributed by atoms with Gasteiger partial charge in [0.15, 0.2) is 0 Å². The second-order valence-electron chi connectivity index (χ2n) is 7.58. The lowest BCUT2D eigenvalue weighted by Gasteiger charge is -2.26. The van der Waals surface area contributed by atoms with Crippen LogP contribution in [-0.4, -0.2) is 60.4 Å². The third kappa shape index (κ3) is 4.54. The molecule has 1 saturated heterocycles. The van der Waals surface area contributed by atoms with Crippen LogP contribution in [0.2, 0.25) is 0 Å². The van der Waals surface area contributed by atoms with E-state index in [1.54, 1.807) is 29.2 Å². The first-order chi connectivity index (χ1) is 14.4. The third-order valence-corrected chi connectivity index (χ3v) is 5.04. The zero-order valence-electron chi connectivity index (χ0n) is 17.7. The molecule has 1 amide bonds. The van der Waals surface area contributed by atoms with E-state index in [1.807, 2.05) is 56.3 Å². The lowest BCUT2D eigenvalue weighted by molar-refractivity contribution is -0.140. The molecule has 3 rings (SSSR count). The van der Waals surface area contributed by atoms with Crippen LogP contribution in [0.1, 0.15) is 30.5 Å². The number of nitrogens with zero attached hydrogens (tertiary/aromatic N) is 2. The van der Waals surface area contributed by atoms with Crippen LogP contribution in [0.15, 0.2) is 60.2 Å². The Balaban J connectivity index is 2.03. The summed E-state index contributed by atoms with van der Waals surface area (Å²) in [6.07, 6.45) is 0.898. The highest BCUT2D eigenvalue weighted by Crippen LogP contribution is 2.39. The Labute approximate surface area is 177 Å². The maximum absolute atomic E-state index is 12.9. The Morgan fingerprint density at radius 2 is 1.73 bits per heavy atom. The Hall–Kier alpha value is -3.12. The average Bonchev–Trinajstić information content (AvgIpc) is 3.01. The molecule has 30 heavy (non-hydrogen) atoms. The summed E-state index contributed by atoms with van der Waals surface area (Å²) in [5.41, 5.74) is 1.39. The fourth-order valence-corrected chi connectivity index (χ4v) is 3.48. The van der Waals surface area contributed by atoms with E-state index < -0.39 is 17.7 Å². The molecule has 6 nitrogen and oxygen atoms in total. The Bertz CT molecular complexity index is 920. The van der Waals surface area contributed by atoms with Crippen molar-refractivity contribution >= 4 is 17.4 Å². The van der Waals surface area contributed by atoms with E-state index in [0.29, 0.717) is 31.0 Å². The molecule has 0 bridgehead atoms. The molecule has 6 heteroatoms. The van der Waals surface area contributed by atoms with Gasteiger partial charge in [0.1, 0.15) is 11.5 Å². The van der Waals surface area contributed by atoms with Gasteiger partial charge in [0.25, 0.3) is 11.7 Å². The van der Waals surface area contributed by atoms with Crippen molar-refractivity contribution in [2.24, 2.45) is 0 Å². The van der Waals surface area contributed by atoms with Crippen molar-refractivity contribution in [2.75, 3.05) is 33.8 Å². The fourth-order valence-electron chi connectivity index (χ4n) is 3.48. The lowest BCUT2D eigenvalue weighted by Crippen LogP contribution is -2.35. The molecule has 1 heterocycles. The molecule has 158 valence electrons. The molecule has 1 aliphatic rings. The summed E-state index contributed by atoms with van der Waals surface area (Å²) in [6.45, 7) is 3.63. The molecule has 0 spiro atoms. The van der Waals surface area contributed by atoms with Crippen molar-refractivity contribution < 1.29 is 19.4 Å². The van der Waals surface area contributed by atoms with Gasteiger partial charge >= 0.3 is 0 Å². The first kappa shape index (κ1) is 21.6. The first-order valence-electron chi connectivity index (χ1n) is 10.1. The van der Waals surface area contributed by atoms with E-state index in [4.69, 9.17) is 4.74 Å². The van der Waals surface area contributed by atoms with Gasteiger partial charge in [-0.25, -0.2) is 0 Å². The Kier molecular flexibility index (Phi) is 6.90. The van der Waals surface area contributed by atoms with Crippen LogP contribution >= 0.6 is 0 Å². The maximum atomic E-state index is 12.9. The highest BCUT2D eigenvalue weighted by molar-refractivity contribution is 6.46. The van der Waals surface area contributed by atoms with E-state index >= 15 is 0 Å². The fraction of sp³-hybridized carbons (Fsp3) is 0.333. The number of carbonyl (C=O) groups excluding carboxylic acids is 2. The minimum Gasteiger partial charge on any atom is -0.507 e. The number of amides is 1. The minimum atomic E-state index is -0.661. The molecule has 1 atom stereocenters. The highest BCUT2D eigenvalue weighted by Gasteiger charge is 2.45. The number of ketones is 1. The number of likely N-dealkylation sites (tertiary alicyclic amines) is 1. The van der Waals surface area contributed by atoms with Crippen LogP contribution in [0.25, 0.3) is 5.76 Å².